The second-order valence-electron chi connectivity index (χ2n) is 4.21. The Labute approximate surface area is 115 Å². The standard InChI is InChI=1S/C14H14N2O4/c1-2-10(14(18)19)15-13(17)12-8-11(16-20-12)9-6-4-3-5-7-9/h3-8,10H,2H2,1H3,(H,15,17)(H,18,19). The Bertz CT molecular complexity index is 607. The maximum Gasteiger partial charge on any atom is 0.326 e. The minimum atomic E-state index is -1.08. The quantitative estimate of drug-likeness (QED) is 0.869. The molecule has 20 heavy (non-hydrogen) atoms. The molecule has 2 aromatic rings. The van der Waals surface area contributed by atoms with E-state index in [1.54, 1.807) is 6.92 Å². The van der Waals surface area contributed by atoms with E-state index in [1.807, 2.05) is 30.3 Å². The zero-order valence-corrected chi connectivity index (χ0v) is 10.9. The summed E-state index contributed by atoms with van der Waals surface area (Å²) in [6.07, 6.45) is 0.292. The number of benzene rings is 1. The lowest BCUT2D eigenvalue weighted by atomic mass is 10.1. The molecule has 1 aromatic carbocycles. The number of nitrogens with one attached hydrogen (secondary N) is 1. The van der Waals surface area contributed by atoms with Gasteiger partial charge in [-0.3, -0.25) is 4.79 Å². The molecule has 1 unspecified atom stereocenters. The van der Waals surface area contributed by atoms with Gasteiger partial charge in [-0.15, -0.1) is 0 Å². The van der Waals surface area contributed by atoms with E-state index in [2.05, 4.69) is 10.5 Å². The highest BCUT2D eigenvalue weighted by Gasteiger charge is 2.21. The summed E-state index contributed by atoms with van der Waals surface area (Å²) in [7, 11) is 0. The number of aliphatic carboxylic acids is 1. The number of carbonyl (C=O) groups excluding carboxylic acids is 1. The Morgan fingerprint density at radius 3 is 2.65 bits per heavy atom. The van der Waals surface area contributed by atoms with Crippen molar-refractivity contribution in [3.8, 4) is 11.3 Å². The molecule has 0 aliphatic carbocycles. The Morgan fingerprint density at radius 2 is 2.05 bits per heavy atom. The molecule has 0 spiro atoms. The molecule has 1 amide bonds. The molecule has 6 nitrogen and oxygen atoms in total. The maximum absolute atomic E-state index is 11.9. The first-order valence-corrected chi connectivity index (χ1v) is 6.17. The fraction of sp³-hybridized carbons (Fsp3) is 0.214. The molecule has 0 aliphatic rings. The van der Waals surface area contributed by atoms with Gasteiger partial charge in [0.25, 0.3) is 5.91 Å². The van der Waals surface area contributed by atoms with E-state index in [1.165, 1.54) is 6.07 Å². The number of nitrogens with zero attached hydrogens (tertiary/aromatic N) is 1. The number of aromatic nitrogens is 1. The Morgan fingerprint density at radius 1 is 1.35 bits per heavy atom. The van der Waals surface area contributed by atoms with Crippen molar-refractivity contribution < 1.29 is 19.2 Å². The van der Waals surface area contributed by atoms with Crippen molar-refractivity contribution in [3.05, 3.63) is 42.2 Å². The van der Waals surface area contributed by atoms with E-state index in [9.17, 15) is 9.59 Å². The van der Waals surface area contributed by atoms with Crippen LogP contribution in [0.3, 0.4) is 0 Å². The molecule has 2 N–H and O–H groups in total. The fourth-order valence-corrected chi connectivity index (χ4v) is 1.69. The number of rotatable bonds is 5. The monoisotopic (exact) mass is 274 g/mol. The van der Waals surface area contributed by atoms with Crippen molar-refractivity contribution in [3.63, 3.8) is 0 Å². The first kappa shape index (κ1) is 13.8. The number of carboxylic acid groups (broad SMARTS) is 1. The minimum absolute atomic E-state index is 0.0106. The smallest absolute Gasteiger partial charge is 0.326 e. The van der Waals surface area contributed by atoms with Gasteiger partial charge in [-0.1, -0.05) is 42.4 Å². The average Bonchev–Trinajstić information content (AvgIpc) is 2.95. The normalized spacial score (nSPS) is 11.8. The third-order valence-electron chi connectivity index (χ3n) is 2.82. The molecule has 6 heteroatoms. The summed E-state index contributed by atoms with van der Waals surface area (Å²) >= 11 is 0. The number of hydrogen-bond acceptors (Lipinski definition) is 4. The second kappa shape index (κ2) is 6.01. The number of hydrogen-bond donors (Lipinski definition) is 2. The topological polar surface area (TPSA) is 92.4 Å². The lowest BCUT2D eigenvalue weighted by molar-refractivity contribution is -0.139. The first-order chi connectivity index (χ1) is 9.61. The Kier molecular flexibility index (Phi) is 4.14. The van der Waals surface area contributed by atoms with Crippen molar-refractivity contribution >= 4 is 11.9 Å². The molecule has 0 saturated heterocycles. The van der Waals surface area contributed by atoms with E-state index < -0.39 is 17.9 Å². The van der Waals surface area contributed by atoms with Crippen LogP contribution < -0.4 is 5.32 Å². The van der Waals surface area contributed by atoms with Crippen molar-refractivity contribution in [2.24, 2.45) is 0 Å². The highest BCUT2D eigenvalue weighted by atomic mass is 16.5. The van der Waals surface area contributed by atoms with Gasteiger partial charge >= 0.3 is 5.97 Å². The highest BCUT2D eigenvalue weighted by Crippen LogP contribution is 2.18. The fourth-order valence-electron chi connectivity index (χ4n) is 1.69. The van der Waals surface area contributed by atoms with E-state index in [0.29, 0.717) is 12.1 Å². The van der Waals surface area contributed by atoms with Crippen LogP contribution in [0.5, 0.6) is 0 Å². The van der Waals surface area contributed by atoms with Gasteiger partial charge < -0.3 is 14.9 Å². The zero-order valence-electron chi connectivity index (χ0n) is 10.9. The summed E-state index contributed by atoms with van der Waals surface area (Å²) in [6, 6.07) is 9.79. The molecule has 0 aliphatic heterocycles. The lowest BCUT2D eigenvalue weighted by Crippen LogP contribution is -2.40. The molecule has 1 aromatic heterocycles. The van der Waals surface area contributed by atoms with Crippen LogP contribution in [-0.4, -0.2) is 28.2 Å². The first-order valence-electron chi connectivity index (χ1n) is 6.17. The molecule has 0 radical (unpaired) electrons. The van der Waals surface area contributed by atoms with Gasteiger partial charge in [0.05, 0.1) is 0 Å². The maximum atomic E-state index is 11.9. The van der Waals surface area contributed by atoms with Crippen LogP contribution in [0.2, 0.25) is 0 Å². The van der Waals surface area contributed by atoms with Gasteiger partial charge in [0.2, 0.25) is 5.76 Å². The molecule has 0 bridgehead atoms. The minimum Gasteiger partial charge on any atom is -0.480 e. The van der Waals surface area contributed by atoms with E-state index in [0.717, 1.165) is 5.56 Å². The van der Waals surface area contributed by atoms with Crippen LogP contribution in [0, 0.1) is 0 Å². The Hall–Kier alpha value is -2.63. The lowest BCUT2D eigenvalue weighted by Gasteiger charge is -2.09. The molecule has 1 atom stereocenters. The molecule has 2 rings (SSSR count). The third kappa shape index (κ3) is 3.03. The molecule has 1 heterocycles. The van der Waals surface area contributed by atoms with Gasteiger partial charge in [0, 0.05) is 11.6 Å². The van der Waals surface area contributed by atoms with Gasteiger partial charge in [-0.25, -0.2) is 4.79 Å². The summed E-state index contributed by atoms with van der Waals surface area (Å²) < 4.78 is 4.95. The van der Waals surface area contributed by atoms with Crippen molar-refractivity contribution in [2.75, 3.05) is 0 Å². The number of carbonyl (C=O) groups is 2. The van der Waals surface area contributed by atoms with Gasteiger partial charge in [0.1, 0.15) is 11.7 Å². The predicted octanol–water partition coefficient (Wildman–Crippen LogP) is 1.93. The van der Waals surface area contributed by atoms with E-state index >= 15 is 0 Å². The predicted molar refractivity (Wildman–Crippen MR) is 71.1 cm³/mol. The van der Waals surface area contributed by atoms with Gasteiger partial charge in [0.15, 0.2) is 0 Å². The SMILES string of the molecule is CCC(NC(=O)c1cc(-c2ccccc2)no1)C(=O)O. The van der Waals surface area contributed by atoms with Crippen LogP contribution in [-0.2, 0) is 4.79 Å². The highest BCUT2D eigenvalue weighted by molar-refractivity contribution is 5.94. The number of carboxylic acids is 1. The van der Waals surface area contributed by atoms with Crippen LogP contribution >= 0.6 is 0 Å². The largest absolute Gasteiger partial charge is 0.480 e. The molecular formula is C14H14N2O4. The second-order valence-corrected chi connectivity index (χ2v) is 4.21. The van der Waals surface area contributed by atoms with Gasteiger partial charge in [-0.05, 0) is 6.42 Å². The van der Waals surface area contributed by atoms with Crippen LogP contribution in [0.1, 0.15) is 23.9 Å². The van der Waals surface area contributed by atoms with E-state index in [4.69, 9.17) is 9.63 Å². The van der Waals surface area contributed by atoms with Crippen LogP contribution in [0.25, 0.3) is 11.3 Å². The van der Waals surface area contributed by atoms with Crippen molar-refractivity contribution in [1.82, 2.24) is 10.5 Å². The van der Waals surface area contributed by atoms with Crippen molar-refractivity contribution in [1.29, 1.82) is 0 Å². The van der Waals surface area contributed by atoms with Gasteiger partial charge in [-0.2, -0.15) is 0 Å². The molecular weight excluding hydrogens is 260 g/mol. The average molecular weight is 274 g/mol. The Balaban J connectivity index is 2.13. The molecule has 0 saturated carbocycles. The summed E-state index contributed by atoms with van der Waals surface area (Å²) in [5.74, 6) is -1.68. The summed E-state index contributed by atoms with van der Waals surface area (Å²) in [5, 5.41) is 15.1. The van der Waals surface area contributed by atoms with E-state index in [-0.39, 0.29) is 5.76 Å². The summed E-state index contributed by atoms with van der Waals surface area (Å²) in [6.45, 7) is 1.68. The van der Waals surface area contributed by atoms with Crippen molar-refractivity contribution in [2.45, 2.75) is 19.4 Å². The van der Waals surface area contributed by atoms with Crippen LogP contribution in [0.15, 0.2) is 40.9 Å². The number of amides is 1. The molecule has 104 valence electrons. The summed E-state index contributed by atoms with van der Waals surface area (Å²) in [5.41, 5.74) is 1.35. The zero-order chi connectivity index (χ0) is 14.5. The molecule has 0 fully saturated rings. The van der Waals surface area contributed by atoms with Crippen LogP contribution in [0.4, 0.5) is 0 Å². The third-order valence-corrected chi connectivity index (χ3v) is 2.82. The summed E-state index contributed by atoms with van der Waals surface area (Å²) in [4.78, 5) is 22.7.